The van der Waals surface area contributed by atoms with Gasteiger partial charge >= 0.3 is 0 Å². The maximum absolute atomic E-state index is 13.8. The fourth-order valence-electron chi connectivity index (χ4n) is 2.61. The van der Waals surface area contributed by atoms with Crippen LogP contribution >= 0.6 is 11.8 Å². The molecular formula is C16H20FNO2S. The number of nitrogens with one attached hydrogen (secondary N) is 1. The monoisotopic (exact) mass is 309 g/mol. The largest absolute Gasteiger partial charge is 0.456 e. The van der Waals surface area contributed by atoms with E-state index in [1.54, 1.807) is 6.07 Å². The molecule has 1 aliphatic rings. The quantitative estimate of drug-likeness (QED) is 0.912. The number of ether oxygens (including phenoxy) is 1. The molecule has 1 aromatic carbocycles. The van der Waals surface area contributed by atoms with Gasteiger partial charge in [0.15, 0.2) is 11.4 Å². The van der Waals surface area contributed by atoms with Crippen molar-refractivity contribution in [3.63, 3.8) is 0 Å². The molecule has 0 aliphatic carbocycles. The molecular weight excluding hydrogens is 289 g/mol. The second-order valence-electron chi connectivity index (χ2n) is 5.22. The second-order valence-corrected chi connectivity index (χ2v) is 6.37. The third kappa shape index (κ3) is 3.25. The number of furan rings is 1. The Kier molecular flexibility index (Phi) is 4.83. The average molecular weight is 309 g/mol. The van der Waals surface area contributed by atoms with Crippen LogP contribution < -0.4 is 5.32 Å². The van der Waals surface area contributed by atoms with Crippen molar-refractivity contribution in [2.45, 2.75) is 25.5 Å². The average Bonchev–Trinajstić information content (AvgIpc) is 2.94. The van der Waals surface area contributed by atoms with Crippen LogP contribution in [0, 0.1) is 5.82 Å². The van der Waals surface area contributed by atoms with E-state index >= 15 is 0 Å². The summed E-state index contributed by atoms with van der Waals surface area (Å²) in [6.45, 7) is 3.77. The van der Waals surface area contributed by atoms with Gasteiger partial charge in [-0.25, -0.2) is 4.39 Å². The molecule has 0 saturated carbocycles. The van der Waals surface area contributed by atoms with Crippen LogP contribution in [0.1, 0.15) is 25.1 Å². The molecule has 3 rings (SSSR count). The fraction of sp³-hybridized carbons (Fsp3) is 0.500. The minimum Gasteiger partial charge on any atom is -0.456 e. The topological polar surface area (TPSA) is 34.4 Å². The summed E-state index contributed by atoms with van der Waals surface area (Å²) in [4.78, 5) is 0. The van der Waals surface area contributed by atoms with E-state index in [2.05, 4.69) is 12.2 Å². The first-order chi connectivity index (χ1) is 10.3. The van der Waals surface area contributed by atoms with Crippen LogP contribution in [0.4, 0.5) is 4.39 Å². The van der Waals surface area contributed by atoms with Crippen LogP contribution in [0.3, 0.4) is 0 Å². The van der Waals surface area contributed by atoms with Gasteiger partial charge in [-0.2, -0.15) is 11.8 Å². The number of fused-ring (bicyclic) bond motifs is 1. The summed E-state index contributed by atoms with van der Waals surface area (Å²) >= 11 is 1.89. The molecule has 1 aliphatic heterocycles. The number of thioether (sulfide) groups is 1. The summed E-state index contributed by atoms with van der Waals surface area (Å²) in [5.41, 5.74) is 0.333. The second kappa shape index (κ2) is 6.81. The lowest BCUT2D eigenvalue weighted by atomic mass is 10.1. The Bertz CT molecular complexity index is 595. The van der Waals surface area contributed by atoms with Gasteiger partial charge in [-0.3, -0.25) is 0 Å². The van der Waals surface area contributed by atoms with Gasteiger partial charge in [0.1, 0.15) is 5.76 Å². The minimum atomic E-state index is -0.313. The molecule has 1 aromatic heterocycles. The highest BCUT2D eigenvalue weighted by Gasteiger charge is 2.29. The predicted molar refractivity (Wildman–Crippen MR) is 84.3 cm³/mol. The zero-order chi connectivity index (χ0) is 14.7. The SMILES string of the molecule is CCCNC(c1cc2cccc(F)c2o1)C1CSCCO1. The Hall–Kier alpha value is -1.04. The van der Waals surface area contributed by atoms with Gasteiger partial charge in [-0.1, -0.05) is 19.1 Å². The van der Waals surface area contributed by atoms with Crippen molar-refractivity contribution < 1.29 is 13.5 Å². The molecule has 114 valence electrons. The van der Waals surface area contributed by atoms with Crippen molar-refractivity contribution in [2.24, 2.45) is 0 Å². The van der Waals surface area contributed by atoms with Gasteiger partial charge in [-0.15, -0.1) is 0 Å². The van der Waals surface area contributed by atoms with E-state index in [1.165, 1.54) is 6.07 Å². The summed E-state index contributed by atoms with van der Waals surface area (Å²) in [7, 11) is 0. The molecule has 1 N–H and O–H groups in total. The summed E-state index contributed by atoms with van der Waals surface area (Å²) in [6.07, 6.45) is 1.10. The van der Waals surface area contributed by atoms with E-state index in [-0.39, 0.29) is 18.0 Å². The molecule has 2 aromatic rings. The van der Waals surface area contributed by atoms with Crippen molar-refractivity contribution in [3.05, 3.63) is 35.8 Å². The highest BCUT2D eigenvalue weighted by molar-refractivity contribution is 7.99. The molecule has 0 amide bonds. The van der Waals surface area contributed by atoms with Crippen LogP contribution in [0.5, 0.6) is 0 Å². The maximum atomic E-state index is 13.8. The molecule has 21 heavy (non-hydrogen) atoms. The Morgan fingerprint density at radius 3 is 3.10 bits per heavy atom. The fourth-order valence-corrected chi connectivity index (χ4v) is 3.52. The number of benzene rings is 1. The number of para-hydroxylation sites is 1. The third-order valence-electron chi connectivity index (χ3n) is 3.65. The molecule has 5 heteroatoms. The number of rotatable bonds is 5. The van der Waals surface area contributed by atoms with Gasteiger partial charge < -0.3 is 14.5 Å². The van der Waals surface area contributed by atoms with Crippen molar-refractivity contribution in [3.8, 4) is 0 Å². The Morgan fingerprint density at radius 2 is 2.38 bits per heavy atom. The van der Waals surface area contributed by atoms with Crippen LogP contribution in [-0.4, -0.2) is 30.8 Å². The first kappa shape index (κ1) is 14.9. The molecule has 2 unspecified atom stereocenters. The lowest BCUT2D eigenvalue weighted by molar-refractivity contribution is 0.0414. The third-order valence-corrected chi connectivity index (χ3v) is 4.67. The molecule has 3 nitrogen and oxygen atoms in total. The lowest BCUT2D eigenvalue weighted by Crippen LogP contribution is -2.38. The molecule has 0 radical (unpaired) electrons. The van der Waals surface area contributed by atoms with Gasteiger partial charge in [-0.05, 0) is 25.1 Å². The maximum Gasteiger partial charge on any atom is 0.169 e. The van der Waals surface area contributed by atoms with E-state index in [1.807, 2.05) is 23.9 Å². The Labute approximate surface area is 128 Å². The smallest absolute Gasteiger partial charge is 0.169 e. The molecule has 2 atom stereocenters. The van der Waals surface area contributed by atoms with Crippen molar-refractivity contribution in [1.29, 1.82) is 0 Å². The van der Waals surface area contributed by atoms with Gasteiger partial charge in [0.25, 0.3) is 0 Å². The number of hydrogen-bond donors (Lipinski definition) is 1. The van der Waals surface area contributed by atoms with Crippen LogP contribution in [-0.2, 0) is 4.74 Å². The number of halogens is 1. The summed E-state index contributed by atoms with van der Waals surface area (Å²) in [5.74, 6) is 2.41. The van der Waals surface area contributed by atoms with Crippen LogP contribution in [0.2, 0.25) is 0 Å². The van der Waals surface area contributed by atoms with Crippen molar-refractivity contribution in [2.75, 3.05) is 24.7 Å². The van der Waals surface area contributed by atoms with E-state index in [0.717, 1.165) is 42.2 Å². The predicted octanol–water partition coefficient (Wildman–Crippen LogP) is 3.74. The highest BCUT2D eigenvalue weighted by atomic mass is 32.2. The highest BCUT2D eigenvalue weighted by Crippen LogP contribution is 2.31. The molecule has 0 bridgehead atoms. The first-order valence-corrected chi connectivity index (χ1v) is 8.55. The molecule has 0 spiro atoms. The van der Waals surface area contributed by atoms with Crippen molar-refractivity contribution in [1.82, 2.24) is 5.32 Å². The Balaban J connectivity index is 1.90. The normalized spacial score (nSPS) is 20.8. The summed E-state index contributed by atoms with van der Waals surface area (Å²) in [6, 6.07) is 6.91. The van der Waals surface area contributed by atoms with Gasteiger partial charge in [0.2, 0.25) is 0 Å². The van der Waals surface area contributed by atoms with Crippen LogP contribution in [0.25, 0.3) is 11.0 Å². The molecule has 1 saturated heterocycles. The first-order valence-electron chi connectivity index (χ1n) is 7.40. The van der Waals surface area contributed by atoms with E-state index in [4.69, 9.17) is 9.15 Å². The van der Waals surface area contributed by atoms with Gasteiger partial charge in [0.05, 0.1) is 18.8 Å². The lowest BCUT2D eigenvalue weighted by Gasteiger charge is -2.29. The summed E-state index contributed by atoms with van der Waals surface area (Å²) < 4.78 is 25.5. The van der Waals surface area contributed by atoms with E-state index < -0.39 is 0 Å². The zero-order valence-corrected chi connectivity index (χ0v) is 12.9. The Morgan fingerprint density at radius 1 is 1.48 bits per heavy atom. The minimum absolute atomic E-state index is 0.0236. The summed E-state index contributed by atoms with van der Waals surface area (Å²) in [5, 5.41) is 4.28. The van der Waals surface area contributed by atoms with Crippen molar-refractivity contribution >= 4 is 22.7 Å². The molecule has 1 fully saturated rings. The van der Waals surface area contributed by atoms with Gasteiger partial charge in [0, 0.05) is 16.9 Å². The van der Waals surface area contributed by atoms with E-state index in [9.17, 15) is 4.39 Å². The standard InChI is InChI=1S/C16H20FNO2S/c1-2-6-18-15(14-10-21-8-7-19-14)13-9-11-4-3-5-12(17)16(11)20-13/h3-5,9,14-15,18H,2,6-8,10H2,1H3. The van der Waals surface area contributed by atoms with Crippen LogP contribution in [0.15, 0.2) is 28.7 Å². The number of hydrogen-bond acceptors (Lipinski definition) is 4. The zero-order valence-electron chi connectivity index (χ0n) is 12.1. The van der Waals surface area contributed by atoms with E-state index in [0.29, 0.717) is 5.58 Å². The molecule has 2 heterocycles.